The van der Waals surface area contributed by atoms with Crippen LogP contribution in [0.2, 0.25) is 0 Å². The highest BCUT2D eigenvalue weighted by molar-refractivity contribution is 7.09. The monoisotopic (exact) mass is 269 g/mol. The van der Waals surface area contributed by atoms with Crippen molar-refractivity contribution >= 4 is 33.5 Å². The van der Waals surface area contributed by atoms with E-state index in [1.54, 1.807) is 17.5 Å². The van der Waals surface area contributed by atoms with Crippen LogP contribution in [0.25, 0.3) is 10.8 Å². The first-order chi connectivity index (χ1) is 9.34. The number of aromatic nitrogens is 1. The molecule has 3 nitrogen and oxygen atoms in total. The lowest BCUT2D eigenvalue weighted by Crippen LogP contribution is -2.04. The molecule has 0 aliphatic rings. The minimum absolute atomic E-state index is 0.770. The van der Waals surface area contributed by atoms with Gasteiger partial charge in [0.1, 0.15) is 0 Å². The summed E-state index contributed by atoms with van der Waals surface area (Å²) >= 11 is 1.79. The number of nitrogens with zero attached hydrogens (tertiary/aromatic N) is 1. The molecule has 2 heterocycles. The number of benzene rings is 1. The highest BCUT2D eigenvalue weighted by atomic mass is 32.1. The second kappa shape index (κ2) is 5.28. The molecular weight excluding hydrogens is 254 g/mol. The Morgan fingerprint density at radius 2 is 2.11 bits per heavy atom. The molecule has 0 amide bonds. The summed E-state index contributed by atoms with van der Waals surface area (Å²) in [7, 11) is 0. The first kappa shape index (κ1) is 12.0. The summed E-state index contributed by atoms with van der Waals surface area (Å²) in [5.74, 6) is 0. The van der Waals surface area contributed by atoms with Gasteiger partial charge in [0.05, 0.1) is 0 Å². The molecule has 0 fully saturated rings. The van der Waals surface area contributed by atoms with Crippen LogP contribution in [0.3, 0.4) is 0 Å². The fourth-order valence-corrected chi connectivity index (χ4v) is 2.85. The van der Waals surface area contributed by atoms with E-state index in [1.165, 1.54) is 4.88 Å². The summed E-state index contributed by atoms with van der Waals surface area (Å²) in [5, 5.41) is 7.72. The smallest absolute Gasteiger partial charge is 0.0422 e. The van der Waals surface area contributed by atoms with E-state index in [9.17, 15) is 0 Å². The molecule has 0 bridgehead atoms. The average molecular weight is 269 g/mol. The minimum Gasteiger partial charge on any atom is -0.398 e. The van der Waals surface area contributed by atoms with E-state index in [1.807, 2.05) is 24.4 Å². The van der Waals surface area contributed by atoms with E-state index < -0.39 is 0 Å². The van der Waals surface area contributed by atoms with E-state index in [0.29, 0.717) is 0 Å². The van der Waals surface area contributed by atoms with Gasteiger partial charge in [-0.1, -0.05) is 6.07 Å². The lowest BCUT2D eigenvalue weighted by molar-refractivity contribution is 1.05. The molecule has 0 saturated heterocycles. The number of nitrogens with two attached hydrogens (primary N) is 1. The zero-order valence-electron chi connectivity index (χ0n) is 10.5. The van der Waals surface area contributed by atoms with Crippen LogP contribution in [0.4, 0.5) is 11.4 Å². The number of pyridine rings is 1. The van der Waals surface area contributed by atoms with Gasteiger partial charge in [-0.05, 0) is 36.1 Å². The summed E-state index contributed by atoms with van der Waals surface area (Å²) in [6, 6.07) is 10.2. The van der Waals surface area contributed by atoms with Crippen molar-refractivity contribution in [2.75, 3.05) is 17.6 Å². The van der Waals surface area contributed by atoms with Gasteiger partial charge in [-0.15, -0.1) is 11.3 Å². The van der Waals surface area contributed by atoms with Crippen LogP contribution >= 0.6 is 11.3 Å². The van der Waals surface area contributed by atoms with E-state index in [-0.39, 0.29) is 0 Å². The number of thiophene rings is 1. The highest BCUT2D eigenvalue weighted by Gasteiger charge is 2.03. The van der Waals surface area contributed by atoms with Gasteiger partial charge < -0.3 is 11.1 Å². The van der Waals surface area contributed by atoms with Crippen molar-refractivity contribution in [2.45, 2.75) is 6.42 Å². The largest absolute Gasteiger partial charge is 0.398 e. The Morgan fingerprint density at radius 3 is 2.95 bits per heavy atom. The summed E-state index contributed by atoms with van der Waals surface area (Å²) in [4.78, 5) is 5.53. The van der Waals surface area contributed by atoms with Crippen molar-refractivity contribution in [1.29, 1.82) is 0 Å². The first-order valence-corrected chi connectivity index (χ1v) is 7.11. The maximum Gasteiger partial charge on any atom is 0.0422 e. The number of hydrogen-bond donors (Lipinski definition) is 2. The van der Waals surface area contributed by atoms with Crippen molar-refractivity contribution < 1.29 is 0 Å². The van der Waals surface area contributed by atoms with E-state index in [0.717, 1.165) is 35.1 Å². The number of rotatable bonds is 4. The minimum atomic E-state index is 0.770. The van der Waals surface area contributed by atoms with Crippen LogP contribution in [-0.2, 0) is 6.42 Å². The van der Waals surface area contributed by atoms with Crippen LogP contribution in [-0.4, -0.2) is 11.5 Å². The molecule has 1 aromatic carbocycles. The molecular formula is C15H15N3S. The van der Waals surface area contributed by atoms with Gasteiger partial charge >= 0.3 is 0 Å². The molecule has 3 aromatic rings. The van der Waals surface area contributed by atoms with Gasteiger partial charge in [-0.25, -0.2) is 0 Å². The second-order valence-corrected chi connectivity index (χ2v) is 5.41. The zero-order chi connectivity index (χ0) is 13.1. The standard InChI is InChI=1S/C15H15N3S/c16-14-3-4-15(12-6-7-17-10-13(12)14)18-8-5-11-2-1-9-19-11/h1-4,6-7,9-10,18H,5,8,16H2. The molecule has 0 aliphatic heterocycles. The average Bonchev–Trinajstić information content (AvgIpc) is 2.95. The Bertz CT molecular complexity index is 677. The summed E-state index contributed by atoms with van der Waals surface area (Å²) in [6.07, 6.45) is 4.65. The van der Waals surface area contributed by atoms with E-state index in [2.05, 4.69) is 27.8 Å². The van der Waals surface area contributed by atoms with Gasteiger partial charge in [0.15, 0.2) is 0 Å². The molecule has 2 aromatic heterocycles. The maximum absolute atomic E-state index is 5.96. The molecule has 0 atom stereocenters. The van der Waals surface area contributed by atoms with Gasteiger partial charge in [0, 0.05) is 46.0 Å². The Balaban J connectivity index is 1.79. The summed E-state index contributed by atoms with van der Waals surface area (Å²) < 4.78 is 0. The van der Waals surface area contributed by atoms with Crippen molar-refractivity contribution in [3.8, 4) is 0 Å². The molecule has 96 valence electrons. The molecule has 0 radical (unpaired) electrons. The number of nitrogens with one attached hydrogen (secondary N) is 1. The third-order valence-electron chi connectivity index (χ3n) is 3.12. The van der Waals surface area contributed by atoms with Crippen LogP contribution in [0.5, 0.6) is 0 Å². The van der Waals surface area contributed by atoms with Crippen molar-refractivity contribution in [2.24, 2.45) is 0 Å². The quantitative estimate of drug-likeness (QED) is 0.712. The summed E-state index contributed by atoms with van der Waals surface area (Å²) in [6.45, 7) is 0.919. The van der Waals surface area contributed by atoms with Crippen LogP contribution in [0.15, 0.2) is 48.1 Å². The molecule has 19 heavy (non-hydrogen) atoms. The first-order valence-electron chi connectivity index (χ1n) is 6.23. The Kier molecular flexibility index (Phi) is 3.33. The number of hydrogen-bond acceptors (Lipinski definition) is 4. The van der Waals surface area contributed by atoms with Crippen LogP contribution in [0.1, 0.15) is 4.88 Å². The molecule has 0 unspecified atom stereocenters. The zero-order valence-corrected chi connectivity index (χ0v) is 11.3. The molecule has 0 aliphatic carbocycles. The van der Waals surface area contributed by atoms with Crippen molar-refractivity contribution in [1.82, 2.24) is 4.98 Å². The van der Waals surface area contributed by atoms with E-state index in [4.69, 9.17) is 5.73 Å². The van der Waals surface area contributed by atoms with Crippen LogP contribution < -0.4 is 11.1 Å². The fourth-order valence-electron chi connectivity index (χ4n) is 2.14. The molecule has 3 N–H and O–H groups in total. The predicted octanol–water partition coefficient (Wildman–Crippen LogP) is 3.53. The van der Waals surface area contributed by atoms with Crippen molar-refractivity contribution in [3.05, 3.63) is 53.0 Å². The SMILES string of the molecule is Nc1ccc(NCCc2cccs2)c2ccncc12. The molecule has 0 saturated carbocycles. The molecule has 0 spiro atoms. The van der Waals surface area contributed by atoms with E-state index >= 15 is 0 Å². The fraction of sp³-hybridized carbons (Fsp3) is 0.133. The van der Waals surface area contributed by atoms with Crippen LogP contribution in [0, 0.1) is 0 Å². The molecule has 3 rings (SSSR count). The lowest BCUT2D eigenvalue weighted by atomic mass is 10.1. The Hall–Kier alpha value is -2.07. The Morgan fingerprint density at radius 1 is 1.16 bits per heavy atom. The number of nitrogen functional groups attached to an aromatic ring is 1. The summed E-state index contributed by atoms with van der Waals surface area (Å²) in [5.41, 5.74) is 7.85. The normalized spacial score (nSPS) is 10.7. The maximum atomic E-state index is 5.96. The van der Waals surface area contributed by atoms with Gasteiger partial charge in [-0.2, -0.15) is 0 Å². The Labute approximate surface area is 116 Å². The highest BCUT2D eigenvalue weighted by Crippen LogP contribution is 2.27. The predicted molar refractivity (Wildman–Crippen MR) is 82.7 cm³/mol. The second-order valence-electron chi connectivity index (χ2n) is 4.38. The third kappa shape index (κ3) is 2.53. The van der Waals surface area contributed by atoms with Crippen molar-refractivity contribution in [3.63, 3.8) is 0 Å². The number of anilines is 2. The third-order valence-corrected chi connectivity index (χ3v) is 4.05. The lowest BCUT2D eigenvalue weighted by Gasteiger charge is -2.10. The molecule has 4 heteroatoms. The van der Waals surface area contributed by atoms with Gasteiger partial charge in [0.25, 0.3) is 0 Å². The topological polar surface area (TPSA) is 50.9 Å². The van der Waals surface area contributed by atoms with Gasteiger partial charge in [0.2, 0.25) is 0 Å². The van der Waals surface area contributed by atoms with Gasteiger partial charge in [-0.3, -0.25) is 4.98 Å². The number of fused-ring (bicyclic) bond motifs is 1.